The Balaban J connectivity index is 1.65. The van der Waals surface area contributed by atoms with Crippen molar-refractivity contribution in [3.05, 3.63) is 58.6 Å². The fraction of sp³-hybridized carbons (Fsp3) is 0.118. The minimum atomic E-state index is -0.0252. The lowest BCUT2D eigenvalue weighted by Gasteiger charge is -2.05. The largest absolute Gasteiger partial charge is 0.496 e. The number of carbonyl (C=O) groups is 1. The van der Waals surface area contributed by atoms with Crippen LogP contribution in [0, 0.1) is 0 Å². The van der Waals surface area contributed by atoms with Crippen LogP contribution in [0.2, 0.25) is 0 Å². The lowest BCUT2D eigenvalue weighted by Crippen LogP contribution is -2.02. The Morgan fingerprint density at radius 1 is 1.21 bits per heavy atom. The van der Waals surface area contributed by atoms with Gasteiger partial charge in [0.05, 0.1) is 17.3 Å². The van der Waals surface area contributed by atoms with Gasteiger partial charge < -0.3 is 9.15 Å². The minimum absolute atomic E-state index is 0.0252. The lowest BCUT2D eigenvalue weighted by atomic mass is 10.1. The summed E-state index contributed by atoms with van der Waals surface area (Å²) in [7, 11) is 1.58. The van der Waals surface area contributed by atoms with E-state index < -0.39 is 0 Å². The number of aromatic nitrogens is 2. The molecule has 1 aromatic heterocycles. The van der Waals surface area contributed by atoms with Crippen molar-refractivity contribution in [2.24, 2.45) is 0 Å². The molecule has 0 unspecified atom stereocenters. The summed E-state index contributed by atoms with van der Waals surface area (Å²) >= 11 is 4.59. The third-order valence-electron chi connectivity index (χ3n) is 3.23. The third kappa shape index (κ3) is 3.85. The monoisotopic (exact) mass is 404 g/mol. The molecule has 0 saturated carbocycles. The highest BCUT2D eigenvalue weighted by Crippen LogP contribution is 2.27. The molecule has 0 bridgehead atoms. The number of hydrogen-bond acceptors (Lipinski definition) is 6. The zero-order valence-corrected chi connectivity index (χ0v) is 15.1. The number of thioether (sulfide) groups is 1. The molecule has 0 aliphatic rings. The molecule has 0 radical (unpaired) electrons. The maximum Gasteiger partial charge on any atom is 0.277 e. The highest BCUT2D eigenvalue weighted by molar-refractivity contribution is 9.10. The van der Waals surface area contributed by atoms with Crippen LogP contribution < -0.4 is 4.74 Å². The molecule has 0 N–H and O–H groups in total. The van der Waals surface area contributed by atoms with Gasteiger partial charge in [-0.3, -0.25) is 4.79 Å². The average Bonchev–Trinajstić information content (AvgIpc) is 3.09. The molecule has 7 heteroatoms. The van der Waals surface area contributed by atoms with Gasteiger partial charge in [-0.2, -0.15) is 0 Å². The highest BCUT2D eigenvalue weighted by atomic mass is 79.9. The molecule has 0 fully saturated rings. The predicted octanol–water partition coefficient (Wildman–Crippen LogP) is 4.48. The summed E-state index contributed by atoms with van der Waals surface area (Å²) in [5.41, 5.74) is 1.44. The molecule has 5 nitrogen and oxygen atoms in total. The summed E-state index contributed by atoms with van der Waals surface area (Å²) < 4.78 is 11.5. The van der Waals surface area contributed by atoms with Crippen molar-refractivity contribution >= 4 is 33.5 Å². The van der Waals surface area contributed by atoms with E-state index in [4.69, 9.17) is 9.15 Å². The summed E-state index contributed by atoms with van der Waals surface area (Å²) in [5.74, 6) is 1.32. The Hall–Kier alpha value is -2.12. The van der Waals surface area contributed by atoms with Crippen LogP contribution in [0.25, 0.3) is 11.5 Å². The second kappa shape index (κ2) is 7.63. The van der Waals surface area contributed by atoms with E-state index in [9.17, 15) is 4.79 Å². The number of Topliss-reactive ketones (excluding diaryl/α,β-unsaturated/α-hetero) is 1. The first-order valence-electron chi connectivity index (χ1n) is 7.06. The molecule has 24 heavy (non-hydrogen) atoms. The van der Waals surface area contributed by atoms with Gasteiger partial charge in [-0.25, -0.2) is 0 Å². The molecular weight excluding hydrogens is 392 g/mol. The molecule has 1 heterocycles. The Labute approximate surface area is 151 Å². The molecule has 122 valence electrons. The summed E-state index contributed by atoms with van der Waals surface area (Å²) in [6, 6.07) is 14.7. The maximum atomic E-state index is 12.3. The zero-order valence-electron chi connectivity index (χ0n) is 12.7. The van der Waals surface area contributed by atoms with Crippen LogP contribution in [-0.2, 0) is 0 Å². The van der Waals surface area contributed by atoms with E-state index in [0.29, 0.717) is 22.4 Å². The second-order valence-corrected chi connectivity index (χ2v) is 6.58. The standard InChI is InChI=1S/C17H13BrN2O3S/c1-22-15-8-7-12(9-13(15)18)14(21)10-24-17-20-19-16(23-17)11-5-3-2-4-6-11/h2-9H,10H2,1H3. The number of nitrogens with zero attached hydrogens (tertiary/aromatic N) is 2. The Morgan fingerprint density at radius 3 is 2.71 bits per heavy atom. The molecular formula is C17H13BrN2O3S. The maximum absolute atomic E-state index is 12.3. The first-order chi connectivity index (χ1) is 11.7. The minimum Gasteiger partial charge on any atom is -0.496 e. The van der Waals surface area contributed by atoms with Gasteiger partial charge in [-0.1, -0.05) is 30.0 Å². The van der Waals surface area contributed by atoms with Crippen molar-refractivity contribution in [1.29, 1.82) is 0 Å². The summed E-state index contributed by atoms with van der Waals surface area (Å²) in [6.07, 6.45) is 0. The molecule has 0 atom stereocenters. The van der Waals surface area contributed by atoms with Gasteiger partial charge in [0.2, 0.25) is 5.89 Å². The van der Waals surface area contributed by atoms with Crippen LogP contribution in [0.5, 0.6) is 5.75 Å². The zero-order chi connectivity index (χ0) is 16.9. The van der Waals surface area contributed by atoms with Crippen molar-refractivity contribution in [2.45, 2.75) is 5.22 Å². The Kier molecular flexibility index (Phi) is 5.32. The number of hydrogen-bond donors (Lipinski definition) is 0. The fourth-order valence-corrected chi connectivity index (χ4v) is 3.21. The quantitative estimate of drug-likeness (QED) is 0.445. The van der Waals surface area contributed by atoms with Crippen LogP contribution in [0.3, 0.4) is 0 Å². The van der Waals surface area contributed by atoms with E-state index in [1.807, 2.05) is 30.3 Å². The molecule has 0 aliphatic carbocycles. The molecule has 2 aromatic carbocycles. The molecule has 0 spiro atoms. The van der Waals surface area contributed by atoms with E-state index in [2.05, 4.69) is 26.1 Å². The lowest BCUT2D eigenvalue weighted by molar-refractivity contribution is 0.102. The van der Waals surface area contributed by atoms with Crippen LogP contribution in [-0.4, -0.2) is 28.8 Å². The second-order valence-electron chi connectivity index (χ2n) is 4.80. The van der Waals surface area contributed by atoms with E-state index in [1.54, 1.807) is 25.3 Å². The summed E-state index contributed by atoms with van der Waals surface area (Å²) in [6.45, 7) is 0. The van der Waals surface area contributed by atoms with Crippen molar-refractivity contribution < 1.29 is 13.9 Å². The van der Waals surface area contributed by atoms with Gasteiger partial charge in [-0.05, 0) is 46.3 Å². The van der Waals surface area contributed by atoms with Gasteiger partial charge in [0.1, 0.15) is 5.75 Å². The fourth-order valence-electron chi connectivity index (χ4n) is 2.02. The Bertz CT molecular complexity index is 852. The van der Waals surface area contributed by atoms with Crippen LogP contribution in [0.4, 0.5) is 0 Å². The van der Waals surface area contributed by atoms with Gasteiger partial charge in [0.25, 0.3) is 5.22 Å². The average molecular weight is 405 g/mol. The highest BCUT2D eigenvalue weighted by Gasteiger charge is 2.13. The molecule has 0 amide bonds. The first kappa shape index (κ1) is 16.7. The van der Waals surface area contributed by atoms with E-state index in [1.165, 1.54) is 11.8 Å². The number of carbonyl (C=O) groups excluding carboxylic acids is 1. The third-order valence-corrected chi connectivity index (χ3v) is 4.67. The smallest absolute Gasteiger partial charge is 0.277 e. The molecule has 0 aliphatic heterocycles. The van der Waals surface area contributed by atoms with E-state index >= 15 is 0 Å². The van der Waals surface area contributed by atoms with Crippen LogP contribution in [0.1, 0.15) is 10.4 Å². The number of ketones is 1. The first-order valence-corrected chi connectivity index (χ1v) is 8.83. The SMILES string of the molecule is COc1ccc(C(=O)CSc2nnc(-c3ccccc3)o2)cc1Br. The normalized spacial score (nSPS) is 10.6. The van der Waals surface area contributed by atoms with Gasteiger partial charge >= 0.3 is 0 Å². The van der Waals surface area contributed by atoms with Crippen molar-refractivity contribution in [3.8, 4) is 17.2 Å². The number of benzene rings is 2. The van der Waals surface area contributed by atoms with Gasteiger partial charge in [-0.15, -0.1) is 10.2 Å². The Morgan fingerprint density at radius 2 is 2.00 bits per heavy atom. The number of rotatable bonds is 6. The number of halogens is 1. The van der Waals surface area contributed by atoms with Gasteiger partial charge in [0.15, 0.2) is 5.78 Å². The van der Waals surface area contributed by atoms with Crippen molar-refractivity contribution in [2.75, 3.05) is 12.9 Å². The number of methoxy groups -OCH3 is 1. The number of ether oxygens (including phenoxy) is 1. The van der Waals surface area contributed by atoms with Gasteiger partial charge in [0, 0.05) is 11.1 Å². The summed E-state index contributed by atoms with van der Waals surface area (Å²) in [4.78, 5) is 12.3. The molecule has 0 saturated heterocycles. The summed E-state index contributed by atoms with van der Waals surface area (Å²) in [5, 5.41) is 8.34. The van der Waals surface area contributed by atoms with Crippen LogP contribution in [0.15, 0.2) is 62.6 Å². The van der Waals surface area contributed by atoms with Crippen LogP contribution >= 0.6 is 27.7 Å². The van der Waals surface area contributed by atoms with Crippen molar-refractivity contribution in [1.82, 2.24) is 10.2 Å². The molecule has 3 aromatic rings. The van der Waals surface area contributed by atoms with E-state index in [0.717, 1.165) is 10.0 Å². The van der Waals surface area contributed by atoms with Crippen molar-refractivity contribution in [3.63, 3.8) is 0 Å². The molecule has 3 rings (SSSR count). The predicted molar refractivity (Wildman–Crippen MR) is 95.5 cm³/mol. The van der Waals surface area contributed by atoms with E-state index in [-0.39, 0.29) is 11.5 Å². The topological polar surface area (TPSA) is 65.2 Å².